The van der Waals surface area contributed by atoms with Gasteiger partial charge in [-0.15, -0.1) is 0 Å². The first-order valence-electron chi connectivity index (χ1n) is 6.22. The molecule has 1 atom stereocenters. The molecule has 1 aromatic rings. The molecule has 0 bridgehead atoms. The molecule has 18 heavy (non-hydrogen) atoms. The van der Waals surface area contributed by atoms with Crippen LogP contribution in [0, 0.1) is 11.7 Å². The molecule has 1 aromatic carbocycles. The highest BCUT2D eigenvalue weighted by atomic mass is 19.1. The van der Waals surface area contributed by atoms with E-state index in [-0.39, 0.29) is 17.6 Å². The van der Waals surface area contributed by atoms with Crippen LogP contribution < -0.4 is 5.32 Å². The van der Waals surface area contributed by atoms with Crippen LogP contribution in [-0.2, 0) is 11.3 Å². The second-order valence-corrected chi connectivity index (χ2v) is 4.49. The van der Waals surface area contributed by atoms with Gasteiger partial charge in [-0.3, -0.25) is 4.79 Å². The van der Waals surface area contributed by atoms with E-state index in [0.29, 0.717) is 13.1 Å². The van der Waals surface area contributed by atoms with Gasteiger partial charge in [-0.2, -0.15) is 0 Å². The molecule has 0 aliphatic rings. The van der Waals surface area contributed by atoms with Gasteiger partial charge in [0.2, 0.25) is 5.91 Å². The minimum Gasteiger partial charge on any atom is -0.341 e. The zero-order chi connectivity index (χ0) is 13.5. The Labute approximate surface area is 108 Å². The molecule has 0 aromatic heterocycles. The Hall–Kier alpha value is -1.42. The summed E-state index contributed by atoms with van der Waals surface area (Å²) < 4.78 is 13.1. The van der Waals surface area contributed by atoms with Crippen molar-refractivity contribution in [2.45, 2.75) is 19.9 Å². The summed E-state index contributed by atoms with van der Waals surface area (Å²) in [5, 5.41) is 3.02. The van der Waals surface area contributed by atoms with E-state index in [4.69, 9.17) is 0 Å². The fraction of sp³-hybridized carbons (Fsp3) is 0.500. The monoisotopic (exact) mass is 252 g/mol. The average molecular weight is 252 g/mol. The van der Waals surface area contributed by atoms with Crippen LogP contribution in [0.5, 0.6) is 0 Å². The predicted octanol–water partition coefficient (Wildman–Crippen LogP) is 2.03. The first-order chi connectivity index (χ1) is 8.58. The van der Waals surface area contributed by atoms with Crippen LogP contribution in [-0.4, -0.2) is 31.4 Å². The van der Waals surface area contributed by atoms with Crippen molar-refractivity contribution < 1.29 is 9.18 Å². The first-order valence-corrected chi connectivity index (χ1v) is 6.22. The highest BCUT2D eigenvalue weighted by Crippen LogP contribution is 2.10. The van der Waals surface area contributed by atoms with Gasteiger partial charge in [0, 0.05) is 20.1 Å². The van der Waals surface area contributed by atoms with Crippen LogP contribution in [0.15, 0.2) is 24.3 Å². The van der Waals surface area contributed by atoms with E-state index >= 15 is 0 Å². The normalized spacial score (nSPS) is 12.2. The second-order valence-electron chi connectivity index (χ2n) is 4.49. The number of benzene rings is 1. The van der Waals surface area contributed by atoms with Crippen molar-refractivity contribution in [2.75, 3.05) is 20.6 Å². The molecule has 0 fully saturated rings. The smallest absolute Gasteiger partial charge is 0.226 e. The SMILES string of the molecule is CCC(CNC)C(=O)N(C)Cc1cccc(F)c1. The Morgan fingerprint density at radius 1 is 1.50 bits per heavy atom. The van der Waals surface area contributed by atoms with E-state index in [9.17, 15) is 9.18 Å². The van der Waals surface area contributed by atoms with Crippen LogP contribution >= 0.6 is 0 Å². The predicted molar refractivity (Wildman–Crippen MR) is 70.6 cm³/mol. The van der Waals surface area contributed by atoms with Crippen molar-refractivity contribution >= 4 is 5.91 Å². The van der Waals surface area contributed by atoms with Crippen LogP contribution in [0.4, 0.5) is 4.39 Å². The summed E-state index contributed by atoms with van der Waals surface area (Å²) in [7, 11) is 3.59. The van der Waals surface area contributed by atoms with Crippen LogP contribution in [0.25, 0.3) is 0 Å². The molecule has 1 rings (SSSR count). The molecule has 0 aliphatic heterocycles. The molecular formula is C14H21FN2O. The molecule has 0 aliphatic carbocycles. The number of rotatable bonds is 6. The van der Waals surface area contributed by atoms with Crippen molar-refractivity contribution in [3.8, 4) is 0 Å². The number of nitrogens with one attached hydrogen (secondary N) is 1. The van der Waals surface area contributed by atoms with Crippen LogP contribution in [0.2, 0.25) is 0 Å². The summed E-state index contributed by atoms with van der Waals surface area (Å²) in [4.78, 5) is 13.8. The Bertz CT molecular complexity index is 395. The molecule has 0 heterocycles. The number of hydrogen-bond donors (Lipinski definition) is 1. The van der Waals surface area contributed by atoms with Gasteiger partial charge in [-0.1, -0.05) is 19.1 Å². The van der Waals surface area contributed by atoms with Crippen LogP contribution in [0.3, 0.4) is 0 Å². The van der Waals surface area contributed by atoms with E-state index in [2.05, 4.69) is 5.32 Å². The first kappa shape index (κ1) is 14.6. The molecule has 0 radical (unpaired) electrons. The van der Waals surface area contributed by atoms with E-state index in [0.717, 1.165) is 12.0 Å². The summed E-state index contributed by atoms with van der Waals surface area (Å²) in [5.74, 6) is -0.194. The topological polar surface area (TPSA) is 32.3 Å². The van der Waals surface area contributed by atoms with Gasteiger partial charge in [0.05, 0.1) is 5.92 Å². The fourth-order valence-electron chi connectivity index (χ4n) is 1.95. The summed E-state index contributed by atoms with van der Waals surface area (Å²) in [5.41, 5.74) is 0.810. The zero-order valence-corrected chi connectivity index (χ0v) is 11.2. The summed E-state index contributed by atoms with van der Waals surface area (Å²) >= 11 is 0. The van der Waals surface area contributed by atoms with Gasteiger partial charge in [0.15, 0.2) is 0 Å². The Morgan fingerprint density at radius 2 is 2.22 bits per heavy atom. The number of nitrogens with zero attached hydrogens (tertiary/aromatic N) is 1. The van der Waals surface area contributed by atoms with Crippen molar-refractivity contribution in [3.63, 3.8) is 0 Å². The van der Waals surface area contributed by atoms with Crippen LogP contribution in [0.1, 0.15) is 18.9 Å². The lowest BCUT2D eigenvalue weighted by Crippen LogP contribution is -2.36. The lowest BCUT2D eigenvalue weighted by Gasteiger charge is -2.23. The highest BCUT2D eigenvalue weighted by Gasteiger charge is 2.19. The fourth-order valence-corrected chi connectivity index (χ4v) is 1.95. The van der Waals surface area contributed by atoms with Crippen molar-refractivity contribution in [2.24, 2.45) is 5.92 Å². The van der Waals surface area contributed by atoms with Crippen molar-refractivity contribution in [1.29, 1.82) is 0 Å². The molecular weight excluding hydrogens is 231 g/mol. The van der Waals surface area contributed by atoms with Crippen molar-refractivity contribution in [3.05, 3.63) is 35.6 Å². The third-order valence-electron chi connectivity index (χ3n) is 2.98. The minimum atomic E-state index is -0.268. The Morgan fingerprint density at radius 3 is 2.78 bits per heavy atom. The third kappa shape index (κ3) is 4.11. The number of carbonyl (C=O) groups excluding carboxylic acids is 1. The zero-order valence-electron chi connectivity index (χ0n) is 11.2. The molecule has 1 unspecified atom stereocenters. The van der Waals surface area contributed by atoms with Gasteiger partial charge in [0.25, 0.3) is 0 Å². The largest absolute Gasteiger partial charge is 0.341 e. The molecule has 3 nitrogen and oxygen atoms in total. The molecule has 4 heteroatoms. The minimum absolute atomic E-state index is 0.0199. The van der Waals surface area contributed by atoms with Crippen molar-refractivity contribution in [1.82, 2.24) is 10.2 Å². The molecule has 0 saturated heterocycles. The molecule has 100 valence electrons. The maximum atomic E-state index is 13.1. The summed E-state index contributed by atoms with van der Waals surface area (Å²) in [6, 6.07) is 6.35. The number of hydrogen-bond acceptors (Lipinski definition) is 2. The quantitative estimate of drug-likeness (QED) is 0.840. The maximum Gasteiger partial charge on any atom is 0.226 e. The standard InChI is InChI=1S/C14H21FN2O/c1-4-12(9-16-2)14(18)17(3)10-11-6-5-7-13(15)8-11/h5-8,12,16H,4,9-10H2,1-3H3. The number of amides is 1. The van der Waals surface area contributed by atoms with E-state index < -0.39 is 0 Å². The van der Waals surface area contributed by atoms with Gasteiger partial charge < -0.3 is 10.2 Å². The van der Waals surface area contributed by atoms with E-state index in [1.807, 2.05) is 20.0 Å². The molecule has 0 saturated carbocycles. The second kappa shape index (κ2) is 7.11. The van der Waals surface area contributed by atoms with Gasteiger partial charge in [0.1, 0.15) is 5.82 Å². The third-order valence-corrected chi connectivity index (χ3v) is 2.98. The Balaban J connectivity index is 2.64. The summed E-state index contributed by atoms with van der Waals surface area (Å²) in [6.45, 7) is 3.11. The number of carbonyl (C=O) groups is 1. The maximum absolute atomic E-state index is 13.1. The number of halogens is 1. The highest BCUT2D eigenvalue weighted by molar-refractivity contribution is 5.78. The molecule has 0 spiro atoms. The summed E-state index contributed by atoms with van der Waals surface area (Å²) in [6.07, 6.45) is 0.799. The van der Waals surface area contributed by atoms with Gasteiger partial charge >= 0.3 is 0 Å². The average Bonchev–Trinajstić information content (AvgIpc) is 2.35. The lowest BCUT2D eigenvalue weighted by atomic mass is 10.0. The van der Waals surface area contributed by atoms with Gasteiger partial charge in [-0.25, -0.2) is 4.39 Å². The lowest BCUT2D eigenvalue weighted by molar-refractivity contribution is -0.134. The van der Waals surface area contributed by atoms with E-state index in [1.54, 1.807) is 18.0 Å². The molecule has 1 N–H and O–H groups in total. The van der Waals surface area contributed by atoms with E-state index in [1.165, 1.54) is 12.1 Å². The molecule has 1 amide bonds. The van der Waals surface area contributed by atoms with Gasteiger partial charge in [-0.05, 0) is 31.2 Å². The Kier molecular flexibility index (Phi) is 5.78.